The lowest BCUT2D eigenvalue weighted by molar-refractivity contribution is 0.145. The molecular formula is C13H18BrNOS. The van der Waals surface area contributed by atoms with Crippen molar-refractivity contribution < 1.29 is 5.11 Å². The summed E-state index contributed by atoms with van der Waals surface area (Å²) in [5, 5.41) is 10.1. The largest absolute Gasteiger partial charge is 0.388 e. The van der Waals surface area contributed by atoms with E-state index in [0.29, 0.717) is 0 Å². The molecule has 1 fully saturated rings. The third kappa shape index (κ3) is 4.28. The van der Waals surface area contributed by atoms with E-state index < -0.39 is 0 Å². The molecule has 1 heterocycles. The summed E-state index contributed by atoms with van der Waals surface area (Å²) in [5.41, 5.74) is 1.01. The Labute approximate surface area is 116 Å². The second kappa shape index (κ2) is 6.78. The lowest BCUT2D eigenvalue weighted by atomic mass is 10.1. The molecule has 2 rings (SSSR count). The minimum atomic E-state index is -0.345. The van der Waals surface area contributed by atoms with Crippen LogP contribution in [-0.2, 0) is 0 Å². The van der Waals surface area contributed by atoms with Gasteiger partial charge in [0.05, 0.1) is 6.10 Å². The maximum absolute atomic E-state index is 10.1. The Morgan fingerprint density at radius 3 is 2.82 bits per heavy atom. The van der Waals surface area contributed by atoms with Crippen LogP contribution in [0.3, 0.4) is 0 Å². The fourth-order valence-corrected chi connectivity index (χ4v) is 3.41. The molecule has 94 valence electrons. The smallest absolute Gasteiger partial charge is 0.0802 e. The molecule has 2 nitrogen and oxygen atoms in total. The van der Waals surface area contributed by atoms with E-state index in [1.807, 2.05) is 36.0 Å². The minimum absolute atomic E-state index is 0.345. The van der Waals surface area contributed by atoms with Crippen LogP contribution < -0.4 is 0 Å². The molecule has 17 heavy (non-hydrogen) atoms. The fraction of sp³-hybridized carbons (Fsp3) is 0.538. The first-order chi connectivity index (χ1) is 8.25. The predicted octanol–water partition coefficient (Wildman–Crippen LogP) is 2.92. The number of hydrogen-bond donors (Lipinski definition) is 1. The maximum atomic E-state index is 10.1. The summed E-state index contributed by atoms with van der Waals surface area (Å²) < 4.78 is 1.03. The second-order valence-corrected chi connectivity index (χ2v) is 6.45. The zero-order valence-corrected chi connectivity index (χ0v) is 12.2. The highest BCUT2D eigenvalue weighted by atomic mass is 79.9. The van der Waals surface area contributed by atoms with Gasteiger partial charge in [-0.05, 0) is 24.1 Å². The van der Waals surface area contributed by atoms with Gasteiger partial charge < -0.3 is 10.0 Å². The molecule has 0 amide bonds. The lowest BCUT2D eigenvalue weighted by Gasteiger charge is -2.27. The molecule has 0 aromatic heterocycles. The maximum Gasteiger partial charge on any atom is 0.0802 e. The Bertz CT molecular complexity index is 355. The third-order valence-corrected chi connectivity index (χ3v) is 4.49. The van der Waals surface area contributed by atoms with Crippen LogP contribution in [0, 0.1) is 0 Å². The molecule has 0 radical (unpaired) electrons. The molecule has 1 unspecified atom stereocenters. The summed E-state index contributed by atoms with van der Waals surface area (Å²) in [6.45, 7) is 3.32. The summed E-state index contributed by atoms with van der Waals surface area (Å²) in [6, 6.07) is 7.94. The molecule has 1 atom stereocenters. The molecule has 0 aliphatic carbocycles. The highest BCUT2D eigenvalue weighted by Gasteiger charge is 2.13. The van der Waals surface area contributed by atoms with Gasteiger partial charge in [0.15, 0.2) is 0 Å². The summed E-state index contributed by atoms with van der Waals surface area (Å²) in [4.78, 5) is 2.44. The molecule has 1 aromatic carbocycles. The molecule has 0 spiro atoms. The van der Waals surface area contributed by atoms with E-state index in [1.165, 1.54) is 11.5 Å². The number of aliphatic hydroxyl groups is 1. The molecule has 4 heteroatoms. The Hall–Kier alpha value is -0.0300. The summed E-state index contributed by atoms with van der Waals surface area (Å²) >= 11 is 5.45. The number of benzene rings is 1. The first kappa shape index (κ1) is 13.4. The van der Waals surface area contributed by atoms with Crippen LogP contribution in [0.25, 0.3) is 0 Å². The second-order valence-electron chi connectivity index (χ2n) is 4.31. The first-order valence-electron chi connectivity index (χ1n) is 5.99. The average Bonchev–Trinajstić information content (AvgIpc) is 2.37. The number of halogens is 1. The van der Waals surface area contributed by atoms with Gasteiger partial charge in [-0.15, -0.1) is 0 Å². The highest BCUT2D eigenvalue weighted by molar-refractivity contribution is 9.10. The molecule has 0 bridgehead atoms. The standard InChI is InChI=1S/C13H18BrNOS/c14-12-3-1-2-11(10-12)13(16)4-5-15-6-8-17-9-7-15/h1-3,10,13,16H,4-9H2. The van der Waals surface area contributed by atoms with Gasteiger partial charge in [-0.3, -0.25) is 0 Å². The topological polar surface area (TPSA) is 23.5 Å². The highest BCUT2D eigenvalue weighted by Crippen LogP contribution is 2.21. The van der Waals surface area contributed by atoms with Crippen molar-refractivity contribution >= 4 is 27.7 Å². The molecule has 1 saturated heterocycles. The van der Waals surface area contributed by atoms with Crippen molar-refractivity contribution in [1.29, 1.82) is 0 Å². The predicted molar refractivity (Wildman–Crippen MR) is 77.5 cm³/mol. The van der Waals surface area contributed by atoms with Crippen molar-refractivity contribution in [3.05, 3.63) is 34.3 Å². The van der Waals surface area contributed by atoms with Crippen molar-refractivity contribution in [3.8, 4) is 0 Å². The van der Waals surface area contributed by atoms with Gasteiger partial charge in [-0.1, -0.05) is 28.1 Å². The van der Waals surface area contributed by atoms with E-state index in [1.54, 1.807) is 0 Å². The summed E-state index contributed by atoms with van der Waals surface area (Å²) in [7, 11) is 0. The SMILES string of the molecule is OC(CCN1CCSCC1)c1cccc(Br)c1. The zero-order chi connectivity index (χ0) is 12.1. The normalized spacial score (nSPS) is 19.2. The number of thioether (sulfide) groups is 1. The molecule has 1 aromatic rings. The van der Waals surface area contributed by atoms with E-state index in [4.69, 9.17) is 0 Å². The van der Waals surface area contributed by atoms with Crippen LogP contribution >= 0.6 is 27.7 Å². The van der Waals surface area contributed by atoms with Crippen LogP contribution in [0.4, 0.5) is 0 Å². The van der Waals surface area contributed by atoms with Gasteiger partial charge in [0, 0.05) is 35.6 Å². The monoisotopic (exact) mass is 315 g/mol. The van der Waals surface area contributed by atoms with Crippen LogP contribution in [-0.4, -0.2) is 41.1 Å². The lowest BCUT2D eigenvalue weighted by Crippen LogP contribution is -2.33. The van der Waals surface area contributed by atoms with Gasteiger partial charge in [-0.25, -0.2) is 0 Å². The Balaban J connectivity index is 1.82. The Morgan fingerprint density at radius 1 is 1.35 bits per heavy atom. The zero-order valence-electron chi connectivity index (χ0n) is 9.81. The number of nitrogens with zero attached hydrogens (tertiary/aromatic N) is 1. The van der Waals surface area contributed by atoms with Gasteiger partial charge in [0.2, 0.25) is 0 Å². The average molecular weight is 316 g/mol. The van der Waals surface area contributed by atoms with E-state index in [-0.39, 0.29) is 6.10 Å². The van der Waals surface area contributed by atoms with E-state index in [0.717, 1.165) is 36.1 Å². The quantitative estimate of drug-likeness (QED) is 0.924. The number of rotatable bonds is 4. The molecular weight excluding hydrogens is 298 g/mol. The van der Waals surface area contributed by atoms with Gasteiger partial charge in [-0.2, -0.15) is 11.8 Å². The van der Waals surface area contributed by atoms with Gasteiger partial charge >= 0.3 is 0 Å². The molecule has 1 N–H and O–H groups in total. The van der Waals surface area contributed by atoms with Crippen LogP contribution in [0.2, 0.25) is 0 Å². The van der Waals surface area contributed by atoms with Crippen molar-refractivity contribution in [1.82, 2.24) is 4.90 Å². The minimum Gasteiger partial charge on any atom is -0.388 e. The van der Waals surface area contributed by atoms with Crippen LogP contribution in [0.15, 0.2) is 28.7 Å². The van der Waals surface area contributed by atoms with Crippen LogP contribution in [0.1, 0.15) is 18.1 Å². The van der Waals surface area contributed by atoms with E-state index in [2.05, 4.69) is 20.8 Å². The third-order valence-electron chi connectivity index (χ3n) is 3.06. The van der Waals surface area contributed by atoms with Gasteiger partial charge in [0.25, 0.3) is 0 Å². The number of aliphatic hydroxyl groups excluding tert-OH is 1. The Kier molecular flexibility index (Phi) is 5.35. The van der Waals surface area contributed by atoms with Gasteiger partial charge in [0.1, 0.15) is 0 Å². The summed E-state index contributed by atoms with van der Waals surface area (Å²) in [6.07, 6.45) is 0.475. The first-order valence-corrected chi connectivity index (χ1v) is 7.94. The molecule has 1 aliphatic rings. The molecule has 1 aliphatic heterocycles. The van der Waals surface area contributed by atoms with Crippen molar-refractivity contribution in [2.45, 2.75) is 12.5 Å². The summed E-state index contributed by atoms with van der Waals surface area (Å²) in [5.74, 6) is 2.46. The van der Waals surface area contributed by atoms with Crippen LogP contribution in [0.5, 0.6) is 0 Å². The van der Waals surface area contributed by atoms with E-state index in [9.17, 15) is 5.11 Å². The van der Waals surface area contributed by atoms with Crippen molar-refractivity contribution in [2.24, 2.45) is 0 Å². The Morgan fingerprint density at radius 2 is 2.12 bits per heavy atom. The number of hydrogen-bond acceptors (Lipinski definition) is 3. The van der Waals surface area contributed by atoms with Crippen molar-refractivity contribution in [3.63, 3.8) is 0 Å². The van der Waals surface area contributed by atoms with E-state index >= 15 is 0 Å². The molecule has 0 saturated carbocycles. The fourth-order valence-electron chi connectivity index (χ4n) is 2.01. The van der Waals surface area contributed by atoms with Crippen molar-refractivity contribution in [2.75, 3.05) is 31.1 Å².